The number of likely N-dealkylation sites (tertiary alicyclic amines) is 1. The Bertz CT molecular complexity index is 696. The Labute approximate surface area is 141 Å². The summed E-state index contributed by atoms with van der Waals surface area (Å²) in [6.45, 7) is 5.15. The lowest BCUT2D eigenvalue weighted by molar-refractivity contribution is 0.154. The minimum absolute atomic E-state index is 0.256. The van der Waals surface area contributed by atoms with Crippen LogP contribution in [0.25, 0.3) is 10.9 Å². The summed E-state index contributed by atoms with van der Waals surface area (Å²) in [6.07, 6.45) is 4.89. The molecule has 0 radical (unpaired) electrons. The largest absolute Gasteiger partial charge is 0.381 e. The fourth-order valence-corrected chi connectivity index (χ4v) is 3.69. The number of ether oxygens (including phenoxy) is 1. The van der Waals surface area contributed by atoms with Crippen molar-refractivity contribution in [2.24, 2.45) is 5.92 Å². The highest BCUT2D eigenvalue weighted by Crippen LogP contribution is 2.24. The smallest absolute Gasteiger partial charge is 0.137 e. The third-order valence-electron chi connectivity index (χ3n) is 5.07. The molecule has 6 heteroatoms. The molecule has 1 aromatic carbocycles. The Hall–Kier alpha value is -1.79. The second-order valence-corrected chi connectivity index (χ2v) is 6.83. The quantitative estimate of drug-likeness (QED) is 0.934. The predicted octanol–water partition coefficient (Wildman–Crippen LogP) is 2.68. The van der Waals surface area contributed by atoms with Crippen molar-refractivity contribution in [3.05, 3.63) is 30.3 Å². The zero-order chi connectivity index (χ0) is 16.4. The molecule has 1 unspecified atom stereocenters. The molecule has 2 saturated heterocycles. The Morgan fingerprint density at radius 2 is 2.08 bits per heavy atom. The maximum Gasteiger partial charge on any atom is 0.137 e. The molecule has 1 atom stereocenters. The molecule has 2 aliphatic heterocycles. The van der Waals surface area contributed by atoms with Crippen LogP contribution in [0.4, 0.5) is 10.2 Å². The van der Waals surface area contributed by atoms with Crippen LogP contribution in [0.5, 0.6) is 0 Å². The number of halogens is 1. The van der Waals surface area contributed by atoms with Crippen LogP contribution in [0.2, 0.25) is 0 Å². The summed E-state index contributed by atoms with van der Waals surface area (Å²) in [5.74, 6) is 1.18. The van der Waals surface area contributed by atoms with Gasteiger partial charge in [-0.2, -0.15) is 0 Å². The van der Waals surface area contributed by atoms with E-state index < -0.39 is 0 Å². The van der Waals surface area contributed by atoms with E-state index in [1.807, 2.05) is 0 Å². The molecule has 0 bridgehead atoms. The van der Waals surface area contributed by atoms with Gasteiger partial charge in [0.05, 0.1) is 12.1 Å². The van der Waals surface area contributed by atoms with Crippen molar-refractivity contribution in [1.29, 1.82) is 0 Å². The first-order valence-electron chi connectivity index (χ1n) is 8.75. The molecule has 5 nitrogen and oxygen atoms in total. The number of rotatable bonds is 4. The van der Waals surface area contributed by atoms with E-state index in [9.17, 15) is 4.39 Å². The van der Waals surface area contributed by atoms with E-state index in [1.54, 1.807) is 6.07 Å². The number of benzene rings is 1. The van der Waals surface area contributed by atoms with Gasteiger partial charge in [-0.25, -0.2) is 14.4 Å². The highest BCUT2D eigenvalue weighted by atomic mass is 19.1. The lowest BCUT2D eigenvalue weighted by atomic mass is 10.0. The van der Waals surface area contributed by atoms with Crippen molar-refractivity contribution in [3.63, 3.8) is 0 Å². The van der Waals surface area contributed by atoms with Crippen LogP contribution in [-0.2, 0) is 4.74 Å². The summed E-state index contributed by atoms with van der Waals surface area (Å²) in [5.41, 5.74) is 0.771. The highest BCUT2D eigenvalue weighted by Gasteiger charge is 2.24. The number of anilines is 1. The molecule has 2 aromatic rings. The molecule has 24 heavy (non-hydrogen) atoms. The Kier molecular flexibility index (Phi) is 4.58. The van der Waals surface area contributed by atoms with Gasteiger partial charge >= 0.3 is 0 Å². The second-order valence-electron chi connectivity index (χ2n) is 6.83. The molecule has 2 fully saturated rings. The molecule has 0 spiro atoms. The summed E-state index contributed by atoms with van der Waals surface area (Å²) < 4.78 is 19.0. The van der Waals surface area contributed by atoms with Gasteiger partial charge in [0.25, 0.3) is 0 Å². The van der Waals surface area contributed by atoms with Gasteiger partial charge in [0.2, 0.25) is 0 Å². The SMILES string of the molecule is Fc1ccc2ncnc(NC3CCN(CC4CCOC4)CC3)c2c1. The third-order valence-corrected chi connectivity index (χ3v) is 5.07. The number of piperidine rings is 1. The summed E-state index contributed by atoms with van der Waals surface area (Å²) in [4.78, 5) is 11.1. The minimum atomic E-state index is -0.256. The van der Waals surface area contributed by atoms with Crippen molar-refractivity contribution in [2.45, 2.75) is 25.3 Å². The normalized spacial score (nSPS) is 23.0. The van der Waals surface area contributed by atoms with Crippen LogP contribution in [0.15, 0.2) is 24.5 Å². The van der Waals surface area contributed by atoms with Gasteiger partial charge in [-0.3, -0.25) is 0 Å². The van der Waals surface area contributed by atoms with E-state index in [1.165, 1.54) is 24.9 Å². The zero-order valence-electron chi connectivity index (χ0n) is 13.7. The van der Waals surface area contributed by atoms with Gasteiger partial charge in [0.15, 0.2) is 0 Å². The predicted molar refractivity (Wildman–Crippen MR) is 91.5 cm³/mol. The van der Waals surface area contributed by atoms with E-state index >= 15 is 0 Å². The van der Waals surface area contributed by atoms with E-state index in [0.29, 0.717) is 12.0 Å². The van der Waals surface area contributed by atoms with Crippen molar-refractivity contribution >= 4 is 16.7 Å². The fourth-order valence-electron chi connectivity index (χ4n) is 3.69. The van der Waals surface area contributed by atoms with Gasteiger partial charge in [-0.15, -0.1) is 0 Å². The molecular formula is C18H23FN4O. The first-order valence-corrected chi connectivity index (χ1v) is 8.75. The van der Waals surface area contributed by atoms with Gasteiger partial charge < -0.3 is 15.0 Å². The van der Waals surface area contributed by atoms with Crippen molar-refractivity contribution in [2.75, 3.05) is 38.2 Å². The maximum absolute atomic E-state index is 13.5. The number of hydrogen-bond donors (Lipinski definition) is 1. The standard InChI is InChI=1S/C18H23FN4O/c19-14-1-2-17-16(9-14)18(21-12-20-17)22-15-3-6-23(7-4-15)10-13-5-8-24-11-13/h1-2,9,12-13,15H,3-8,10-11H2,(H,20,21,22). The molecule has 0 amide bonds. The highest BCUT2D eigenvalue weighted by molar-refractivity contribution is 5.88. The van der Waals surface area contributed by atoms with Crippen molar-refractivity contribution in [3.8, 4) is 0 Å². The van der Waals surface area contributed by atoms with E-state index in [2.05, 4.69) is 20.2 Å². The van der Waals surface area contributed by atoms with Crippen molar-refractivity contribution < 1.29 is 9.13 Å². The summed E-state index contributed by atoms with van der Waals surface area (Å²) in [7, 11) is 0. The average Bonchev–Trinajstić information content (AvgIpc) is 3.10. The molecule has 0 saturated carbocycles. The topological polar surface area (TPSA) is 50.3 Å². The Balaban J connectivity index is 1.37. The molecule has 4 rings (SSSR count). The number of nitrogens with one attached hydrogen (secondary N) is 1. The first-order chi connectivity index (χ1) is 11.8. The maximum atomic E-state index is 13.5. The van der Waals surface area contributed by atoms with Crippen LogP contribution in [-0.4, -0.2) is 53.8 Å². The summed E-state index contributed by atoms with van der Waals surface area (Å²) >= 11 is 0. The van der Waals surface area contributed by atoms with Gasteiger partial charge in [-0.1, -0.05) is 0 Å². The lowest BCUT2D eigenvalue weighted by Crippen LogP contribution is -2.41. The van der Waals surface area contributed by atoms with Crippen LogP contribution in [0.3, 0.4) is 0 Å². The average molecular weight is 330 g/mol. The van der Waals surface area contributed by atoms with Crippen LogP contribution in [0.1, 0.15) is 19.3 Å². The fraction of sp³-hybridized carbons (Fsp3) is 0.556. The van der Waals surface area contributed by atoms with Crippen LogP contribution < -0.4 is 5.32 Å². The molecular weight excluding hydrogens is 307 g/mol. The molecule has 1 aromatic heterocycles. The zero-order valence-corrected chi connectivity index (χ0v) is 13.7. The second kappa shape index (κ2) is 6.99. The summed E-state index contributed by atoms with van der Waals surface area (Å²) in [5, 5.41) is 4.25. The number of fused-ring (bicyclic) bond motifs is 1. The first kappa shape index (κ1) is 15.7. The Morgan fingerprint density at radius 3 is 2.88 bits per heavy atom. The molecule has 2 aliphatic rings. The Morgan fingerprint density at radius 1 is 1.21 bits per heavy atom. The van der Waals surface area contributed by atoms with Gasteiger partial charge in [0, 0.05) is 37.7 Å². The molecule has 1 N–H and O–H groups in total. The van der Waals surface area contributed by atoms with Crippen molar-refractivity contribution in [1.82, 2.24) is 14.9 Å². The van der Waals surface area contributed by atoms with Crippen LogP contribution in [0, 0.1) is 11.7 Å². The molecule has 3 heterocycles. The molecule has 128 valence electrons. The monoisotopic (exact) mass is 330 g/mol. The number of aromatic nitrogens is 2. The third kappa shape index (κ3) is 3.49. The van der Waals surface area contributed by atoms with Gasteiger partial charge in [-0.05, 0) is 43.4 Å². The summed E-state index contributed by atoms with van der Waals surface area (Å²) in [6, 6.07) is 5.02. The van der Waals surface area contributed by atoms with E-state index in [-0.39, 0.29) is 5.82 Å². The van der Waals surface area contributed by atoms with E-state index in [0.717, 1.165) is 62.4 Å². The minimum Gasteiger partial charge on any atom is -0.381 e. The molecule has 0 aliphatic carbocycles. The van der Waals surface area contributed by atoms with E-state index in [4.69, 9.17) is 4.74 Å². The lowest BCUT2D eigenvalue weighted by Gasteiger charge is -2.33. The van der Waals surface area contributed by atoms with Crippen LogP contribution >= 0.6 is 0 Å². The van der Waals surface area contributed by atoms with Gasteiger partial charge in [0.1, 0.15) is 18.0 Å². The number of nitrogens with zero attached hydrogens (tertiary/aromatic N) is 3. The number of hydrogen-bond acceptors (Lipinski definition) is 5.